The highest BCUT2D eigenvalue weighted by Gasteiger charge is 2.35. The van der Waals surface area contributed by atoms with Crippen molar-refractivity contribution in [2.75, 3.05) is 13.7 Å². The zero-order valence-electron chi connectivity index (χ0n) is 17.2. The highest BCUT2D eigenvalue weighted by atomic mass is 16.5. The monoisotopic (exact) mass is 407 g/mol. The Kier molecular flexibility index (Phi) is 5.97. The van der Waals surface area contributed by atoms with Crippen LogP contribution in [0.5, 0.6) is 11.5 Å². The fourth-order valence-electron chi connectivity index (χ4n) is 3.67. The Hall–Kier alpha value is -3.35. The molecular weight excluding hydrogens is 382 g/mol. The molecule has 1 amide bonds. The number of hydrogen-bond donors (Lipinski definition) is 0. The van der Waals surface area contributed by atoms with Gasteiger partial charge in [-0.25, -0.2) is 0 Å². The summed E-state index contributed by atoms with van der Waals surface area (Å²) in [5, 5.41) is 4.13. The van der Waals surface area contributed by atoms with Crippen LogP contribution >= 0.6 is 0 Å². The van der Waals surface area contributed by atoms with Crippen LogP contribution in [0.4, 0.5) is 0 Å². The first kappa shape index (κ1) is 19.9. The van der Waals surface area contributed by atoms with Crippen molar-refractivity contribution in [2.24, 2.45) is 0 Å². The van der Waals surface area contributed by atoms with Gasteiger partial charge in [-0.15, -0.1) is 0 Å². The molecular formula is C23H25N3O4. The second kappa shape index (κ2) is 8.98. The number of amides is 1. The van der Waals surface area contributed by atoms with Crippen molar-refractivity contribution in [3.8, 4) is 22.9 Å². The molecule has 1 fully saturated rings. The van der Waals surface area contributed by atoms with Crippen molar-refractivity contribution in [2.45, 2.75) is 38.3 Å². The number of benzene rings is 2. The predicted molar refractivity (Wildman–Crippen MR) is 111 cm³/mol. The van der Waals surface area contributed by atoms with E-state index < -0.39 is 6.10 Å². The van der Waals surface area contributed by atoms with Crippen LogP contribution in [0, 0.1) is 0 Å². The van der Waals surface area contributed by atoms with E-state index in [1.807, 2.05) is 59.5 Å². The van der Waals surface area contributed by atoms with Gasteiger partial charge in [0.1, 0.15) is 17.5 Å². The zero-order valence-corrected chi connectivity index (χ0v) is 17.2. The molecule has 0 aliphatic carbocycles. The number of aromatic nitrogens is 2. The molecule has 4 rings (SSSR count). The molecule has 0 saturated carbocycles. The number of rotatable bonds is 6. The molecule has 1 aliphatic heterocycles. The second-order valence-corrected chi connectivity index (χ2v) is 7.30. The predicted octanol–water partition coefficient (Wildman–Crippen LogP) is 4.27. The van der Waals surface area contributed by atoms with Gasteiger partial charge in [-0.1, -0.05) is 23.4 Å². The molecule has 156 valence electrons. The maximum atomic E-state index is 13.1. The Bertz CT molecular complexity index is 972. The number of hydrogen-bond acceptors (Lipinski definition) is 6. The highest BCUT2D eigenvalue weighted by Crippen LogP contribution is 2.32. The first-order chi connectivity index (χ1) is 14.7. The number of ether oxygens (including phenoxy) is 2. The number of carbonyl (C=O) groups is 1. The molecule has 3 aromatic rings. The van der Waals surface area contributed by atoms with Crippen LogP contribution in [0.25, 0.3) is 11.4 Å². The fraction of sp³-hybridized carbons (Fsp3) is 0.348. The average molecular weight is 407 g/mol. The number of para-hydroxylation sites is 1. The Balaban J connectivity index is 1.50. The van der Waals surface area contributed by atoms with Crippen LogP contribution in [0.3, 0.4) is 0 Å². The van der Waals surface area contributed by atoms with Crippen molar-refractivity contribution in [1.29, 1.82) is 0 Å². The SMILES string of the molecule is COc1ccc(-c2noc(C3CCCCN3C(=O)[C@@H](C)Oc3ccccc3)n2)cc1. The number of methoxy groups -OCH3 is 1. The van der Waals surface area contributed by atoms with Crippen molar-refractivity contribution in [1.82, 2.24) is 15.0 Å². The van der Waals surface area contributed by atoms with E-state index in [9.17, 15) is 4.79 Å². The standard InChI is InChI=1S/C23H25N3O4/c1-16(29-19-8-4-3-5-9-19)23(27)26-15-7-6-10-20(26)22-24-21(25-30-22)17-11-13-18(28-2)14-12-17/h3-5,8-9,11-14,16,20H,6-7,10,15H2,1-2H3/t16-,20?/m1/s1. The van der Waals surface area contributed by atoms with Crippen LogP contribution < -0.4 is 9.47 Å². The van der Waals surface area contributed by atoms with Crippen LogP contribution in [-0.2, 0) is 4.79 Å². The molecule has 0 N–H and O–H groups in total. The molecule has 30 heavy (non-hydrogen) atoms. The summed E-state index contributed by atoms with van der Waals surface area (Å²) in [6.45, 7) is 2.42. The minimum atomic E-state index is -0.600. The Labute approximate surface area is 175 Å². The van der Waals surface area contributed by atoms with E-state index in [4.69, 9.17) is 14.0 Å². The molecule has 2 heterocycles. The van der Waals surface area contributed by atoms with Crippen LogP contribution in [0.15, 0.2) is 59.1 Å². The first-order valence-electron chi connectivity index (χ1n) is 10.2. The highest BCUT2D eigenvalue weighted by molar-refractivity contribution is 5.81. The summed E-state index contributed by atoms with van der Waals surface area (Å²) >= 11 is 0. The molecule has 2 atom stereocenters. The van der Waals surface area contributed by atoms with Crippen LogP contribution in [0.2, 0.25) is 0 Å². The van der Waals surface area contributed by atoms with Gasteiger partial charge in [-0.3, -0.25) is 4.79 Å². The summed E-state index contributed by atoms with van der Waals surface area (Å²) in [6.07, 6.45) is 2.13. The fourth-order valence-corrected chi connectivity index (χ4v) is 3.67. The molecule has 1 aromatic heterocycles. The maximum Gasteiger partial charge on any atom is 0.264 e. The van der Waals surface area contributed by atoms with Gasteiger partial charge in [0.05, 0.1) is 7.11 Å². The third-order valence-corrected chi connectivity index (χ3v) is 5.26. The summed E-state index contributed by atoms with van der Waals surface area (Å²) in [4.78, 5) is 19.5. The summed E-state index contributed by atoms with van der Waals surface area (Å²) in [6, 6.07) is 16.6. The summed E-state index contributed by atoms with van der Waals surface area (Å²) < 4.78 is 16.6. The number of likely N-dealkylation sites (tertiary alicyclic amines) is 1. The van der Waals surface area contributed by atoms with Gasteiger partial charge < -0.3 is 18.9 Å². The molecule has 2 aromatic carbocycles. The molecule has 7 nitrogen and oxygen atoms in total. The zero-order chi connectivity index (χ0) is 20.9. The number of nitrogens with zero attached hydrogens (tertiary/aromatic N) is 3. The lowest BCUT2D eigenvalue weighted by Crippen LogP contribution is -2.45. The van der Waals surface area contributed by atoms with Crippen LogP contribution in [-0.4, -0.2) is 40.7 Å². The molecule has 1 unspecified atom stereocenters. The Morgan fingerprint density at radius 3 is 2.60 bits per heavy atom. The van der Waals surface area contributed by atoms with Crippen molar-refractivity contribution >= 4 is 5.91 Å². The van der Waals surface area contributed by atoms with E-state index >= 15 is 0 Å². The lowest BCUT2D eigenvalue weighted by atomic mass is 10.0. The summed E-state index contributed by atoms with van der Waals surface area (Å²) in [5.74, 6) is 2.32. The number of carbonyl (C=O) groups excluding carboxylic acids is 1. The minimum Gasteiger partial charge on any atom is -0.497 e. The van der Waals surface area contributed by atoms with Gasteiger partial charge in [-0.05, 0) is 62.6 Å². The topological polar surface area (TPSA) is 77.7 Å². The summed E-state index contributed by atoms with van der Waals surface area (Å²) in [7, 11) is 1.62. The Morgan fingerprint density at radius 1 is 1.10 bits per heavy atom. The molecule has 1 saturated heterocycles. The lowest BCUT2D eigenvalue weighted by molar-refractivity contribution is -0.142. The van der Waals surface area contributed by atoms with E-state index in [0.717, 1.165) is 30.6 Å². The van der Waals surface area contributed by atoms with Gasteiger partial charge in [0, 0.05) is 12.1 Å². The number of piperidine rings is 1. The molecule has 0 radical (unpaired) electrons. The summed E-state index contributed by atoms with van der Waals surface area (Å²) in [5.41, 5.74) is 0.834. The van der Waals surface area contributed by atoms with E-state index in [0.29, 0.717) is 24.0 Å². The molecule has 7 heteroatoms. The Morgan fingerprint density at radius 2 is 1.87 bits per heavy atom. The van der Waals surface area contributed by atoms with Gasteiger partial charge in [-0.2, -0.15) is 4.98 Å². The quantitative estimate of drug-likeness (QED) is 0.607. The third-order valence-electron chi connectivity index (χ3n) is 5.26. The van der Waals surface area contributed by atoms with E-state index in [-0.39, 0.29) is 11.9 Å². The molecule has 0 bridgehead atoms. The van der Waals surface area contributed by atoms with Crippen molar-refractivity contribution in [3.63, 3.8) is 0 Å². The normalized spacial score (nSPS) is 17.4. The van der Waals surface area contributed by atoms with Crippen molar-refractivity contribution < 1.29 is 18.8 Å². The lowest BCUT2D eigenvalue weighted by Gasteiger charge is -2.35. The van der Waals surface area contributed by atoms with Crippen molar-refractivity contribution in [3.05, 3.63) is 60.5 Å². The maximum absolute atomic E-state index is 13.1. The minimum absolute atomic E-state index is 0.0762. The second-order valence-electron chi connectivity index (χ2n) is 7.30. The van der Waals surface area contributed by atoms with Gasteiger partial charge in [0.15, 0.2) is 6.10 Å². The first-order valence-corrected chi connectivity index (χ1v) is 10.2. The molecule has 1 aliphatic rings. The van der Waals surface area contributed by atoms with Gasteiger partial charge in [0.2, 0.25) is 11.7 Å². The van der Waals surface area contributed by atoms with Crippen LogP contribution in [0.1, 0.15) is 38.1 Å². The largest absolute Gasteiger partial charge is 0.497 e. The average Bonchev–Trinajstić information content (AvgIpc) is 3.29. The third kappa shape index (κ3) is 4.30. The van der Waals surface area contributed by atoms with Gasteiger partial charge >= 0.3 is 0 Å². The van der Waals surface area contributed by atoms with E-state index in [1.165, 1.54) is 0 Å². The van der Waals surface area contributed by atoms with Gasteiger partial charge in [0.25, 0.3) is 5.91 Å². The van der Waals surface area contributed by atoms with E-state index in [2.05, 4.69) is 10.1 Å². The molecule has 0 spiro atoms. The smallest absolute Gasteiger partial charge is 0.264 e. The van der Waals surface area contributed by atoms with E-state index in [1.54, 1.807) is 14.0 Å².